The topological polar surface area (TPSA) is 23.5 Å². The molecule has 0 aliphatic heterocycles. The van der Waals surface area contributed by atoms with Crippen LogP contribution in [0.15, 0.2) is 42.5 Å². The normalized spacial score (nSPS) is 14.2. The van der Waals surface area contributed by atoms with Gasteiger partial charge in [-0.25, -0.2) is 0 Å². The van der Waals surface area contributed by atoms with Gasteiger partial charge in [-0.3, -0.25) is 0 Å². The number of fused-ring (bicyclic) bond motifs is 3. The van der Waals surface area contributed by atoms with Crippen LogP contribution in [0.2, 0.25) is 0 Å². The molecule has 1 atom stereocenters. The molecule has 1 unspecified atom stereocenters. The van der Waals surface area contributed by atoms with Crippen LogP contribution in [0.1, 0.15) is 22.8 Å². The number of hydrogen-bond acceptors (Lipinski definition) is 2. The van der Waals surface area contributed by atoms with Crippen molar-refractivity contribution in [3.05, 3.63) is 59.2 Å². The van der Waals surface area contributed by atoms with Crippen LogP contribution in [0.25, 0.3) is 21.5 Å². The van der Waals surface area contributed by atoms with E-state index in [9.17, 15) is 31.4 Å². The summed E-state index contributed by atoms with van der Waals surface area (Å²) in [5.41, 5.74) is -2.44. The van der Waals surface area contributed by atoms with Gasteiger partial charge in [-0.1, -0.05) is 24.3 Å². The molecular formula is C20H17F6NO. The van der Waals surface area contributed by atoms with Crippen LogP contribution in [0, 0.1) is 0 Å². The average Bonchev–Trinajstić information content (AvgIpc) is 2.57. The molecule has 0 saturated heterocycles. The Kier molecular flexibility index (Phi) is 5.05. The van der Waals surface area contributed by atoms with Gasteiger partial charge < -0.3 is 10.0 Å². The van der Waals surface area contributed by atoms with E-state index in [-0.39, 0.29) is 34.3 Å². The van der Waals surface area contributed by atoms with E-state index < -0.39 is 29.6 Å². The smallest absolute Gasteiger partial charge is 0.387 e. The van der Waals surface area contributed by atoms with Gasteiger partial charge in [0.15, 0.2) is 0 Å². The SMILES string of the molecule is CN(C)CC(O)c1cc2cc(C(F)(F)F)cc(C(F)(F)F)c2c2ccccc12. The van der Waals surface area contributed by atoms with Crippen molar-refractivity contribution in [2.45, 2.75) is 18.5 Å². The van der Waals surface area contributed by atoms with Gasteiger partial charge in [0.25, 0.3) is 0 Å². The zero-order chi connectivity index (χ0) is 20.9. The van der Waals surface area contributed by atoms with Crippen LogP contribution in [0.4, 0.5) is 26.3 Å². The molecule has 0 saturated carbocycles. The molecule has 0 aliphatic rings. The van der Waals surface area contributed by atoms with Crippen molar-refractivity contribution in [3.63, 3.8) is 0 Å². The fourth-order valence-corrected chi connectivity index (χ4v) is 3.38. The van der Waals surface area contributed by atoms with E-state index >= 15 is 0 Å². The molecule has 0 radical (unpaired) electrons. The summed E-state index contributed by atoms with van der Waals surface area (Å²) < 4.78 is 80.5. The Morgan fingerprint density at radius 2 is 1.50 bits per heavy atom. The molecule has 150 valence electrons. The molecule has 28 heavy (non-hydrogen) atoms. The van der Waals surface area contributed by atoms with Gasteiger partial charge >= 0.3 is 12.4 Å². The van der Waals surface area contributed by atoms with E-state index in [1.54, 1.807) is 31.1 Å². The molecule has 3 aromatic rings. The summed E-state index contributed by atoms with van der Waals surface area (Å²) >= 11 is 0. The molecule has 0 heterocycles. The van der Waals surface area contributed by atoms with Crippen LogP contribution >= 0.6 is 0 Å². The molecule has 0 aromatic heterocycles. The van der Waals surface area contributed by atoms with Gasteiger partial charge in [0, 0.05) is 11.9 Å². The number of aliphatic hydroxyl groups is 1. The third kappa shape index (κ3) is 3.79. The van der Waals surface area contributed by atoms with Crippen LogP contribution in [-0.4, -0.2) is 30.6 Å². The van der Waals surface area contributed by atoms with E-state index in [1.807, 2.05) is 0 Å². The second kappa shape index (κ2) is 6.93. The van der Waals surface area contributed by atoms with Crippen LogP contribution in [-0.2, 0) is 12.4 Å². The molecule has 0 aliphatic carbocycles. The zero-order valence-corrected chi connectivity index (χ0v) is 15.0. The lowest BCUT2D eigenvalue weighted by molar-refractivity contribution is -0.142. The highest BCUT2D eigenvalue weighted by Crippen LogP contribution is 2.43. The zero-order valence-electron chi connectivity index (χ0n) is 15.0. The largest absolute Gasteiger partial charge is 0.417 e. The van der Waals surface area contributed by atoms with Crippen molar-refractivity contribution in [1.82, 2.24) is 4.90 Å². The van der Waals surface area contributed by atoms with Crippen molar-refractivity contribution in [1.29, 1.82) is 0 Å². The predicted molar refractivity (Wildman–Crippen MR) is 95.0 cm³/mol. The summed E-state index contributed by atoms with van der Waals surface area (Å²) in [5, 5.41) is 10.5. The van der Waals surface area contributed by atoms with Crippen molar-refractivity contribution in [2.75, 3.05) is 20.6 Å². The molecule has 0 spiro atoms. The number of aliphatic hydroxyl groups excluding tert-OH is 1. The van der Waals surface area contributed by atoms with Crippen LogP contribution in [0.5, 0.6) is 0 Å². The fourth-order valence-electron chi connectivity index (χ4n) is 3.38. The Labute approximate surface area is 157 Å². The minimum Gasteiger partial charge on any atom is -0.387 e. The maximum atomic E-state index is 13.6. The van der Waals surface area contributed by atoms with Crippen molar-refractivity contribution >= 4 is 21.5 Å². The highest BCUT2D eigenvalue weighted by atomic mass is 19.4. The Bertz CT molecular complexity index is 1020. The monoisotopic (exact) mass is 401 g/mol. The minimum atomic E-state index is -4.97. The summed E-state index contributed by atoms with van der Waals surface area (Å²) in [5.74, 6) is 0. The summed E-state index contributed by atoms with van der Waals surface area (Å²) in [6.45, 7) is 0.167. The lowest BCUT2D eigenvalue weighted by Crippen LogP contribution is -2.20. The van der Waals surface area contributed by atoms with Crippen molar-refractivity contribution in [3.8, 4) is 0 Å². The molecular weight excluding hydrogens is 384 g/mol. The van der Waals surface area contributed by atoms with Gasteiger partial charge in [-0.15, -0.1) is 0 Å². The molecule has 0 amide bonds. The lowest BCUT2D eigenvalue weighted by atomic mass is 9.90. The lowest BCUT2D eigenvalue weighted by Gasteiger charge is -2.21. The van der Waals surface area contributed by atoms with Gasteiger partial charge in [-0.2, -0.15) is 26.3 Å². The van der Waals surface area contributed by atoms with Crippen LogP contribution < -0.4 is 0 Å². The number of hydrogen-bond donors (Lipinski definition) is 1. The quantitative estimate of drug-likeness (QED) is 0.455. The number of benzene rings is 3. The minimum absolute atomic E-state index is 0.144. The molecule has 0 fully saturated rings. The van der Waals surface area contributed by atoms with E-state index in [0.717, 1.165) is 0 Å². The van der Waals surface area contributed by atoms with E-state index in [4.69, 9.17) is 0 Å². The summed E-state index contributed by atoms with van der Waals surface area (Å²) in [6, 6.07) is 8.16. The summed E-state index contributed by atoms with van der Waals surface area (Å²) in [6.07, 6.45) is -11.0. The third-order valence-corrected chi connectivity index (χ3v) is 4.52. The molecule has 1 N–H and O–H groups in total. The number of likely N-dealkylation sites (N-methyl/N-ethyl adjacent to an activating group) is 1. The fraction of sp³-hybridized carbons (Fsp3) is 0.300. The number of halogens is 6. The maximum absolute atomic E-state index is 13.6. The Balaban J connectivity index is 2.46. The Hall–Kier alpha value is -2.32. The van der Waals surface area contributed by atoms with E-state index in [0.29, 0.717) is 11.5 Å². The predicted octanol–water partition coefficient (Wildman–Crippen LogP) is 5.63. The third-order valence-electron chi connectivity index (χ3n) is 4.52. The van der Waals surface area contributed by atoms with Crippen LogP contribution in [0.3, 0.4) is 0 Å². The first-order valence-corrected chi connectivity index (χ1v) is 8.36. The van der Waals surface area contributed by atoms with E-state index in [1.165, 1.54) is 18.2 Å². The van der Waals surface area contributed by atoms with E-state index in [2.05, 4.69) is 0 Å². The Morgan fingerprint density at radius 1 is 0.893 bits per heavy atom. The molecule has 2 nitrogen and oxygen atoms in total. The molecule has 3 rings (SSSR count). The highest BCUT2D eigenvalue weighted by Gasteiger charge is 2.38. The number of alkyl halides is 6. The standard InChI is InChI=1S/C20H17F6NO/c1-27(2)10-17(28)15-8-11-7-12(19(21,22)23)9-16(20(24,25)26)18(11)14-6-4-3-5-13(14)15/h3-9,17,28H,10H2,1-2H3. The summed E-state index contributed by atoms with van der Waals surface area (Å²) in [4.78, 5) is 1.68. The first kappa shape index (κ1) is 20.4. The molecule has 0 bridgehead atoms. The number of rotatable bonds is 3. The molecule has 8 heteroatoms. The average molecular weight is 401 g/mol. The second-order valence-electron chi connectivity index (χ2n) is 6.91. The number of nitrogens with zero attached hydrogens (tertiary/aromatic N) is 1. The van der Waals surface area contributed by atoms with Gasteiger partial charge in [0.2, 0.25) is 0 Å². The first-order valence-electron chi connectivity index (χ1n) is 8.36. The van der Waals surface area contributed by atoms with Gasteiger partial charge in [-0.05, 0) is 54.0 Å². The highest BCUT2D eigenvalue weighted by molar-refractivity contribution is 6.11. The maximum Gasteiger partial charge on any atom is 0.417 e. The van der Waals surface area contributed by atoms with Crippen molar-refractivity contribution < 1.29 is 31.4 Å². The molecule has 3 aromatic carbocycles. The Morgan fingerprint density at radius 3 is 2.04 bits per heavy atom. The first-order chi connectivity index (χ1) is 12.9. The van der Waals surface area contributed by atoms with Gasteiger partial charge in [0.05, 0.1) is 17.2 Å². The van der Waals surface area contributed by atoms with Gasteiger partial charge in [0.1, 0.15) is 0 Å². The van der Waals surface area contributed by atoms with Crippen molar-refractivity contribution in [2.24, 2.45) is 0 Å². The summed E-state index contributed by atoms with van der Waals surface area (Å²) in [7, 11) is 3.41. The second-order valence-corrected chi connectivity index (χ2v) is 6.91.